The maximum absolute atomic E-state index is 12.7. The summed E-state index contributed by atoms with van der Waals surface area (Å²) in [5.41, 5.74) is 7.08. The highest BCUT2D eigenvalue weighted by Crippen LogP contribution is 2.34. The Bertz CT molecular complexity index is 1210. The van der Waals surface area contributed by atoms with Crippen LogP contribution in [0.5, 0.6) is 0 Å². The fraction of sp³-hybridized carbons (Fsp3) is 0.409. The number of ether oxygens (including phenoxy) is 1. The topological polar surface area (TPSA) is 134 Å². The second-order valence-corrected chi connectivity index (χ2v) is 9.81. The number of hydrogen-bond acceptors (Lipinski definition) is 8. The van der Waals surface area contributed by atoms with Gasteiger partial charge in [-0.15, -0.1) is 21.5 Å². The lowest BCUT2D eigenvalue weighted by Gasteiger charge is -2.10. The molecule has 3 rings (SSSR count). The molecule has 0 spiro atoms. The molecule has 0 radical (unpaired) electrons. The number of hydrogen-bond donors (Lipinski definition) is 2. The van der Waals surface area contributed by atoms with Gasteiger partial charge in [-0.3, -0.25) is 9.59 Å². The van der Waals surface area contributed by atoms with Gasteiger partial charge in [0, 0.05) is 31.9 Å². The van der Waals surface area contributed by atoms with Gasteiger partial charge in [0.2, 0.25) is 5.91 Å². The Kier molecular flexibility index (Phi) is 8.15. The van der Waals surface area contributed by atoms with Gasteiger partial charge in [0.05, 0.1) is 22.3 Å². The molecule has 182 valence electrons. The summed E-state index contributed by atoms with van der Waals surface area (Å²) in [5.74, 6) is -0.779. The fourth-order valence-corrected chi connectivity index (χ4v) is 5.25. The molecular formula is C22H28N6O4S2. The zero-order chi connectivity index (χ0) is 25.0. The van der Waals surface area contributed by atoms with E-state index in [1.54, 1.807) is 20.8 Å². The summed E-state index contributed by atoms with van der Waals surface area (Å²) in [4.78, 5) is 37.3. The van der Waals surface area contributed by atoms with Gasteiger partial charge in [-0.1, -0.05) is 11.8 Å². The molecular weight excluding hydrogens is 476 g/mol. The quantitative estimate of drug-likeness (QED) is 0.320. The van der Waals surface area contributed by atoms with E-state index in [2.05, 4.69) is 15.5 Å². The van der Waals surface area contributed by atoms with Crippen LogP contribution >= 0.6 is 23.1 Å². The van der Waals surface area contributed by atoms with Gasteiger partial charge >= 0.3 is 5.97 Å². The molecule has 10 nitrogen and oxygen atoms in total. The van der Waals surface area contributed by atoms with E-state index < -0.39 is 11.9 Å². The smallest absolute Gasteiger partial charge is 0.341 e. The van der Waals surface area contributed by atoms with Crippen molar-refractivity contribution in [1.82, 2.24) is 19.3 Å². The largest absolute Gasteiger partial charge is 0.459 e. The first kappa shape index (κ1) is 25.5. The third kappa shape index (κ3) is 5.68. The zero-order valence-electron chi connectivity index (χ0n) is 19.7. The van der Waals surface area contributed by atoms with Gasteiger partial charge < -0.3 is 24.9 Å². The number of esters is 1. The molecule has 0 aliphatic heterocycles. The Morgan fingerprint density at radius 1 is 1.29 bits per heavy atom. The van der Waals surface area contributed by atoms with Gasteiger partial charge in [0.1, 0.15) is 10.8 Å². The van der Waals surface area contributed by atoms with Crippen LogP contribution < -0.4 is 11.1 Å². The van der Waals surface area contributed by atoms with E-state index in [0.717, 1.165) is 22.9 Å². The second kappa shape index (κ2) is 10.9. The third-order valence-electron chi connectivity index (χ3n) is 5.00. The number of rotatable bonds is 10. The number of thioether (sulfide) groups is 1. The average molecular weight is 505 g/mol. The highest BCUT2D eigenvalue weighted by Gasteiger charge is 2.26. The maximum atomic E-state index is 12.7. The molecule has 0 unspecified atom stereocenters. The molecule has 12 heteroatoms. The normalized spacial score (nSPS) is 11.1. The number of nitrogens with zero attached hydrogens (tertiary/aromatic N) is 4. The Balaban J connectivity index is 1.73. The Labute approximate surface area is 205 Å². The number of carbonyl (C=O) groups is 3. The van der Waals surface area contributed by atoms with Crippen molar-refractivity contribution < 1.29 is 19.1 Å². The first-order chi connectivity index (χ1) is 16.1. The fourth-order valence-electron chi connectivity index (χ4n) is 3.36. The van der Waals surface area contributed by atoms with Crippen molar-refractivity contribution in [3.05, 3.63) is 45.9 Å². The molecule has 0 saturated carbocycles. The number of nitrogens with two attached hydrogens (primary N) is 1. The predicted molar refractivity (Wildman–Crippen MR) is 131 cm³/mol. The summed E-state index contributed by atoms with van der Waals surface area (Å²) < 4.78 is 9.28. The van der Waals surface area contributed by atoms with Gasteiger partial charge in [-0.05, 0) is 45.4 Å². The Morgan fingerprint density at radius 2 is 2.03 bits per heavy atom. The average Bonchev–Trinajstić information content (AvgIpc) is 3.43. The lowest BCUT2D eigenvalue weighted by Crippen LogP contribution is -2.18. The molecule has 3 aromatic heterocycles. The predicted octanol–water partition coefficient (Wildman–Crippen LogP) is 2.99. The summed E-state index contributed by atoms with van der Waals surface area (Å²) in [6, 6.07) is 4.00. The SMILES string of the molecule is CCn1c(Cc2cccn2C)nnc1SCC(=O)Nc1sc(C(N)=O)c(C)c1C(=O)OC(C)C. The van der Waals surface area contributed by atoms with Crippen molar-refractivity contribution in [2.45, 2.75) is 51.9 Å². The van der Waals surface area contributed by atoms with Crippen LogP contribution in [0.2, 0.25) is 0 Å². The summed E-state index contributed by atoms with van der Waals surface area (Å²) in [6.07, 6.45) is 2.25. The first-order valence-electron chi connectivity index (χ1n) is 10.7. The van der Waals surface area contributed by atoms with Crippen LogP contribution in [0.15, 0.2) is 23.5 Å². The van der Waals surface area contributed by atoms with Crippen molar-refractivity contribution in [2.75, 3.05) is 11.1 Å². The number of aromatic nitrogens is 4. The standard InChI is InChI=1S/C22H28N6O4S2/c1-6-28-15(10-14-8-7-9-27(14)5)25-26-22(28)33-11-16(29)24-20-17(21(31)32-12(2)3)13(4)18(34-20)19(23)30/h7-9,12H,6,10-11H2,1-5H3,(H2,23,30)(H,24,29). The van der Waals surface area contributed by atoms with E-state index in [4.69, 9.17) is 10.5 Å². The summed E-state index contributed by atoms with van der Waals surface area (Å²) in [6.45, 7) is 7.71. The zero-order valence-corrected chi connectivity index (χ0v) is 21.4. The third-order valence-corrected chi connectivity index (χ3v) is 7.19. The summed E-state index contributed by atoms with van der Waals surface area (Å²) in [7, 11) is 1.98. The van der Waals surface area contributed by atoms with Crippen LogP contribution in [0.25, 0.3) is 0 Å². The van der Waals surface area contributed by atoms with E-state index in [1.807, 2.05) is 41.4 Å². The monoisotopic (exact) mass is 504 g/mol. The first-order valence-corrected chi connectivity index (χ1v) is 12.5. The Morgan fingerprint density at radius 3 is 2.62 bits per heavy atom. The number of primary amides is 1. The molecule has 2 amide bonds. The lowest BCUT2D eigenvalue weighted by molar-refractivity contribution is -0.113. The minimum atomic E-state index is -0.669. The number of carbonyl (C=O) groups excluding carboxylic acids is 3. The molecule has 34 heavy (non-hydrogen) atoms. The van der Waals surface area contributed by atoms with E-state index >= 15 is 0 Å². The molecule has 0 atom stereocenters. The summed E-state index contributed by atoms with van der Waals surface area (Å²) >= 11 is 2.21. The van der Waals surface area contributed by atoms with E-state index in [1.165, 1.54) is 11.8 Å². The molecule has 0 bridgehead atoms. The number of nitrogens with one attached hydrogen (secondary N) is 1. The summed E-state index contributed by atoms with van der Waals surface area (Å²) in [5, 5.41) is 12.1. The molecule has 0 aliphatic carbocycles. The van der Waals surface area contributed by atoms with Crippen LogP contribution in [-0.2, 0) is 29.5 Å². The molecule has 0 fully saturated rings. The van der Waals surface area contributed by atoms with E-state index in [-0.39, 0.29) is 33.2 Å². The van der Waals surface area contributed by atoms with Gasteiger partial charge in [-0.2, -0.15) is 0 Å². The van der Waals surface area contributed by atoms with Crippen molar-refractivity contribution in [2.24, 2.45) is 12.8 Å². The Hall–Kier alpha value is -3.12. The highest BCUT2D eigenvalue weighted by atomic mass is 32.2. The number of thiophene rings is 1. The molecule has 3 heterocycles. The van der Waals surface area contributed by atoms with Crippen molar-refractivity contribution in [3.63, 3.8) is 0 Å². The minimum absolute atomic E-state index is 0.0454. The van der Waals surface area contributed by atoms with Crippen molar-refractivity contribution in [3.8, 4) is 0 Å². The highest BCUT2D eigenvalue weighted by molar-refractivity contribution is 7.99. The molecule has 0 aromatic carbocycles. The molecule has 0 aliphatic rings. The maximum Gasteiger partial charge on any atom is 0.341 e. The molecule has 3 aromatic rings. The second-order valence-electron chi connectivity index (χ2n) is 7.85. The van der Waals surface area contributed by atoms with Crippen LogP contribution in [-0.4, -0.2) is 49.0 Å². The molecule has 0 saturated heterocycles. The van der Waals surface area contributed by atoms with Crippen LogP contribution in [0.1, 0.15) is 57.9 Å². The van der Waals surface area contributed by atoms with Crippen molar-refractivity contribution >= 4 is 45.9 Å². The lowest BCUT2D eigenvalue weighted by atomic mass is 10.1. The number of aryl methyl sites for hydroxylation is 1. The van der Waals surface area contributed by atoms with Crippen LogP contribution in [0.4, 0.5) is 5.00 Å². The van der Waals surface area contributed by atoms with Crippen molar-refractivity contribution in [1.29, 1.82) is 0 Å². The van der Waals surface area contributed by atoms with Gasteiger partial charge in [-0.25, -0.2) is 4.79 Å². The van der Waals surface area contributed by atoms with E-state index in [9.17, 15) is 14.4 Å². The number of anilines is 1. The number of amides is 2. The minimum Gasteiger partial charge on any atom is -0.459 e. The van der Waals surface area contributed by atoms with Crippen LogP contribution in [0.3, 0.4) is 0 Å². The van der Waals surface area contributed by atoms with Gasteiger partial charge in [0.25, 0.3) is 5.91 Å². The molecule has 3 N–H and O–H groups in total. The van der Waals surface area contributed by atoms with Crippen LogP contribution in [0, 0.1) is 6.92 Å². The van der Waals surface area contributed by atoms with E-state index in [0.29, 0.717) is 23.7 Å². The van der Waals surface area contributed by atoms with Gasteiger partial charge in [0.15, 0.2) is 5.16 Å².